The van der Waals surface area contributed by atoms with Gasteiger partial charge in [-0.15, -0.1) is 0 Å². The Morgan fingerprint density at radius 1 is 1.22 bits per heavy atom. The van der Waals surface area contributed by atoms with Crippen LogP contribution in [0.1, 0.15) is 6.42 Å². The molecule has 1 heterocycles. The van der Waals surface area contributed by atoms with Crippen molar-refractivity contribution in [2.45, 2.75) is 6.42 Å². The van der Waals surface area contributed by atoms with Crippen LogP contribution in [0.4, 0.5) is 5.69 Å². The minimum absolute atomic E-state index is 0.788. The first-order valence-corrected chi connectivity index (χ1v) is 6.65. The molecule has 0 aromatic heterocycles. The number of nitrogens with two attached hydrogens (primary N) is 1. The second kappa shape index (κ2) is 6.61. The molecule has 1 fully saturated rings. The molecule has 0 saturated carbocycles. The Morgan fingerprint density at radius 3 is 2.67 bits per heavy atom. The summed E-state index contributed by atoms with van der Waals surface area (Å²) in [5.41, 5.74) is 6.80. The molecule has 0 atom stereocenters. The summed E-state index contributed by atoms with van der Waals surface area (Å²) in [4.78, 5) is 4.91. The molecule has 2 rings (SSSR count). The molecule has 4 nitrogen and oxygen atoms in total. The third-order valence-corrected chi connectivity index (χ3v) is 3.47. The maximum absolute atomic E-state index is 5.55. The molecule has 1 aromatic rings. The van der Waals surface area contributed by atoms with E-state index >= 15 is 0 Å². The van der Waals surface area contributed by atoms with Gasteiger partial charge in [0.25, 0.3) is 0 Å². The van der Waals surface area contributed by atoms with Gasteiger partial charge in [-0.25, -0.2) is 0 Å². The van der Waals surface area contributed by atoms with E-state index in [0.29, 0.717) is 0 Å². The molecule has 0 spiro atoms. The molecule has 0 bridgehead atoms. The van der Waals surface area contributed by atoms with Crippen LogP contribution in [0.15, 0.2) is 24.3 Å². The lowest BCUT2D eigenvalue weighted by Gasteiger charge is -2.36. The van der Waals surface area contributed by atoms with Crippen LogP contribution < -0.4 is 15.4 Å². The van der Waals surface area contributed by atoms with Crippen molar-refractivity contribution in [1.82, 2.24) is 4.90 Å². The fourth-order valence-corrected chi connectivity index (χ4v) is 2.35. The summed E-state index contributed by atoms with van der Waals surface area (Å²) in [6.45, 7) is 6.32. The van der Waals surface area contributed by atoms with Gasteiger partial charge in [-0.2, -0.15) is 0 Å². The van der Waals surface area contributed by atoms with Gasteiger partial charge in [-0.1, -0.05) is 6.07 Å². The number of piperazine rings is 1. The minimum atomic E-state index is 0.788. The molecule has 2 N–H and O–H groups in total. The predicted octanol–water partition coefficient (Wildman–Crippen LogP) is 1.17. The molecule has 4 heteroatoms. The minimum Gasteiger partial charge on any atom is -0.497 e. The number of hydrogen-bond donors (Lipinski definition) is 1. The van der Waals surface area contributed by atoms with E-state index in [1.165, 1.54) is 5.69 Å². The standard InChI is InChI=1S/C14H23N3O/c1-18-14-5-2-4-13(12-14)17-10-8-16(9-11-17)7-3-6-15/h2,4-5,12H,3,6-11,15H2,1H3. The molecular formula is C14H23N3O. The smallest absolute Gasteiger partial charge is 0.120 e. The van der Waals surface area contributed by atoms with Crippen molar-refractivity contribution in [2.75, 3.05) is 51.3 Å². The Morgan fingerprint density at radius 2 is 2.00 bits per heavy atom. The number of hydrogen-bond acceptors (Lipinski definition) is 4. The van der Waals surface area contributed by atoms with Crippen LogP contribution >= 0.6 is 0 Å². The highest BCUT2D eigenvalue weighted by Gasteiger charge is 2.16. The molecule has 1 aromatic carbocycles. The largest absolute Gasteiger partial charge is 0.497 e. The van der Waals surface area contributed by atoms with Crippen molar-refractivity contribution in [3.63, 3.8) is 0 Å². The molecule has 1 saturated heterocycles. The lowest BCUT2D eigenvalue weighted by molar-refractivity contribution is 0.256. The molecule has 1 aliphatic rings. The van der Waals surface area contributed by atoms with E-state index in [2.05, 4.69) is 28.0 Å². The van der Waals surface area contributed by atoms with E-state index in [1.807, 2.05) is 6.07 Å². The van der Waals surface area contributed by atoms with Crippen LogP contribution in [0.3, 0.4) is 0 Å². The van der Waals surface area contributed by atoms with Gasteiger partial charge >= 0.3 is 0 Å². The first-order valence-electron chi connectivity index (χ1n) is 6.65. The zero-order valence-corrected chi connectivity index (χ0v) is 11.1. The van der Waals surface area contributed by atoms with Gasteiger partial charge < -0.3 is 15.4 Å². The van der Waals surface area contributed by atoms with Crippen LogP contribution in [0.2, 0.25) is 0 Å². The molecule has 100 valence electrons. The van der Waals surface area contributed by atoms with Crippen LogP contribution in [-0.4, -0.2) is 51.3 Å². The Balaban J connectivity index is 1.88. The first-order chi connectivity index (χ1) is 8.83. The normalized spacial score (nSPS) is 16.9. The summed E-state index contributed by atoms with van der Waals surface area (Å²) in [6.07, 6.45) is 1.10. The number of ether oxygens (including phenoxy) is 1. The van der Waals surface area contributed by atoms with Gasteiger partial charge in [-0.3, -0.25) is 4.90 Å². The van der Waals surface area contributed by atoms with Crippen molar-refractivity contribution < 1.29 is 4.74 Å². The van der Waals surface area contributed by atoms with Crippen LogP contribution in [0.25, 0.3) is 0 Å². The predicted molar refractivity (Wildman–Crippen MR) is 75.3 cm³/mol. The zero-order chi connectivity index (χ0) is 12.8. The van der Waals surface area contributed by atoms with E-state index in [9.17, 15) is 0 Å². The molecule has 0 radical (unpaired) electrons. The first kappa shape index (κ1) is 13.2. The van der Waals surface area contributed by atoms with E-state index in [0.717, 1.165) is 51.4 Å². The summed E-state index contributed by atoms with van der Waals surface area (Å²) in [7, 11) is 1.71. The fourth-order valence-electron chi connectivity index (χ4n) is 2.35. The molecular weight excluding hydrogens is 226 g/mol. The average Bonchev–Trinajstić information content (AvgIpc) is 2.46. The van der Waals surface area contributed by atoms with Crippen LogP contribution in [0, 0.1) is 0 Å². The van der Waals surface area contributed by atoms with Crippen molar-refractivity contribution >= 4 is 5.69 Å². The Hall–Kier alpha value is -1.26. The fraction of sp³-hybridized carbons (Fsp3) is 0.571. The number of nitrogens with zero attached hydrogens (tertiary/aromatic N) is 2. The van der Waals surface area contributed by atoms with Gasteiger partial charge in [-0.05, 0) is 31.6 Å². The third kappa shape index (κ3) is 3.37. The highest BCUT2D eigenvalue weighted by Crippen LogP contribution is 2.21. The Kier molecular flexibility index (Phi) is 4.84. The van der Waals surface area contributed by atoms with E-state index in [4.69, 9.17) is 10.5 Å². The van der Waals surface area contributed by atoms with Crippen molar-refractivity contribution in [2.24, 2.45) is 5.73 Å². The molecule has 18 heavy (non-hydrogen) atoms. The van der Waals surface area contributed by atoms with E-state index < -0.39 is 0 Å². The lowest BCUT2D eigenvalue weighted by atomic mass is 10.2. The molecule has 0 unspecified atom stereocenters. The second-order valence-corrected chi connectivity index (χ2v) is 4.67. The van der Waals surface area contributed by atoms with Crippen molar-refractivity contribution in [3.05, 3.63) is 24.3 Å². The van der Waals surface area contributed by atoms with E-state index in [1.54, 1.807) is 7.11 Å². The Bertz CT molecular complexity index is 362. The number of rotatable bonds is 5. The van der Waals surface area contributed by atoms with Crippen molar-refractivity contribution in [3.8, 4) is 5.75 Å². The topological polar surface area (TPSA) is 41.7 Å². The molecule has 0 amide bonds. The van der Waals surface area contributed by atoms with Crippen LogP contribution in [0.5, 0.6) is 5.75 Å². The van der Waals surface area contributed by atoms with Gasteiger partial charge in [0.1, 0.15) is 5.75 Å². The SMILES string of the molecule is COc1cccc(N2CCN(CCCN)CC2)c1. The summed E-state index contributed by atoms with van der Waals surface area (Å²) in [5.74, 6) is 0.929. The van der Waals surface area contributed by atoms with Crippen LogP contribution in [-0.2, 0) is 0 Å². The summed E-state index contributed by atoms with van der Waals surface area (Å²) in [5, 5.41) is 0. The van der Waals surface area contributed by atoms with Gasteiger partial charge in [0.2, 0.25) is 0 Å². The molecule has 1 aliphatic heterocycles. The monoisotopic (exact) mass is 249 g/mol. The van der Waals surface area contributed by atoms with Gasteiger partial charge in [0.15, 0.2) is 0 Å². The lowest BCUT2D eigenvalue weighted by Crippen LogP contribution is -2.46. The highest BCUT2D eigenvalue weighted by atomic mass is 16.5. The zero-order valence-electron chi connectivity index (χ0n) is 11.1. The van der Waals surface area contributed by atoms with Gasteiger partial charge in [0, 0.05) is 37.9 Å². The number of anilines is 1. The van der Waals surface area contributed by atoms with Crippen molar-refractivity contribution in [1.29, 1.82) is 0 Å². The van der Waals surface area contributed by atoms with Gasteiger partial charge in [0.05, 0.1) is 7.11 Å². The second-order valence-electron chi connectivity index (χ2n) is 4.67. The quantitative estimate of drug-likeness (QED) is 0.850. The third-order valence-electron chi connectivity index (χ3n) is 3.47. The summed E-state index contributed by atoms with van der Waals surface area (Å²) < 4.78 is 5.27. The summed E-state index contributed by atoms with van der Waals surface area (Å²) in [6, 6.07) is 8.30. The number of benzene rings is 1. The number of methoxy groups -OCH3 is 1. The highest BCUT2D eigenvalue weighted by molar-refractivity contribution is 5.51. The summed E-state index contributed by atoms with van der Waals surface area (Å²) >= 11 is 0. The van der Waals surface area contributed by atoms with E-state index in [-0.39, 0.29) is 0 Å². The maximum Gasteiger partial charge on any atom is 0.120 e. The average molecular weight is 249 g/mol. The Labute approximate surface area is 109 Å². The molecule has 0 aliphatic carbocycles. The maximum atomic E-state index is 5.55.